The third kappa shape index (κ3) is 3.31. The van der Waals surface area contributed by atoms with Crippen molar-refractivity contribution in [1.29, 1.82) is 0 Å². The molecule has 9 heteroatoms. The van der Waals surface area contributed by atoms with Gasteiger partial charge in [-0.15, -0.1) is 0 Å². The number of phenolic OH excluding ortho intramolecular Hbond substituents is 1. The average molecular weight is 323 g/mol. The summed E-state index contributed by atoms with van der Waals surface area (Å²) in [5.74, 6) is -1.09. The number of carbonyl (C=O) groups is 1. The van der Waals surface area contributed by atoms with Crippen LogP contribution in [0.3, 0.4) is 0 Å². The third-order valence-corrected chi connectivity index (χ3v) is 4.60. The van der Waals surface area contributed by atoms with Crippen molar-refractivity contribution in [2.24, 2.45) is 0 Å². The number of amides is 1. The van der Waals surface area contributed by atoms with E-state index in [9.17, 15) is 23.1 Å². The number of hydrogen-bond acceptors (Lipinski definition) is 6. The Morgan fingerprint density at radius 1 is 1.32 bits per heavy atom. The molecule has 0 aliphatic heterocycles. The molecule has 2 aromatic rings. The van der Waals surface area contributed by atoms with E-state index < -0.39 is 21.3 Å². The molecule has 22 heavy (non-hydrogen) atoms. The van der Waals surface area contributed by atoms with Gasteiger partial charge < -0.3 is 10.4 Å². The lowest BCUT2D eigenvalue weighted by Gasteiger charge is -2.09. The molecule has 0 radical (unpaired) electrons. The highest BCUT2D eigenvalue weighted by molar-refractivity contribution is 7.91. The van der Waals surface area contributed by atoms with E-state index in [1.54, 1.807) is 0 Å². The normalized spacial score (nSPS) is 11.1. The molecule has 3 N–H and O–H groups in total. The Labute approximate surface area is 125 Å². The number of rotatable bonds is 4. The topological polar surface area (TPSA) is 129 Å². The summed E-state index contributed by atoms with van der Waals surface area (Å²) < 4.78 is 23.6. The molecule has 0 saturated carbocycles. The second-order valence-electron chi connectivity index (χ2n) is 4.34. The lowest BCUT2D eigenvalue weighted by Crippen LogP contribution is -2.17. The van der Waals surface area contributed by atoms with Gasteiger partial charge in [0.1, 0.15) is 11.4 Å². The first-order valence-corrected chi connectivity index (χ1v) is 7.91. The largest absolute Gasteiger partial charge is 0.506 e. The number of phenols is 1. The van der Waals surface area contributed by atoms with Gasteiger partial charge in [0.15, 0.2) is 9.84 Å². The lowest BCUT2D eigenvalue weighted by molar-refractivity contribution is 0.102. The zero-order valence-electron chi connectivity index (χ0n) is 11.5. The number of aromatic amines is 1. The maximum absolute atomic E-state index is 12.0. The molecule has 1 heterocycles. The SMILES string of the molecule is CCS(=O)(=O)c1ccc(O)c(NC(=O)c2ccc(=O)[nH]n2)c1. The van der Waals surface area contributed by atoms with Gasteiger partial charge in [0, 0.05) is 6.07 Å². The van der Waals surface area contributed by atoms with Gasteiger partial charge in [-0.05, 0) is 24.3 Å². The molecular weight excluding hydrogens is 310 g/mol. The van der Waals surface area contributed by atoms with E-state index in [0.29, 0.717) is 0 Å². The van der Waals surface area contributed by atoms with Crippen molar-refractivity contribution in [3.63, 3.8) is 0 Å². The van der Waals surface area contributed by atoms with Crippen molar-refractivity contribution in [1.82, 2.24) is 10.2 Å². The van der Waals surface area contributed by atoms with Crippen LogP contribution < -0.4 is 10.9 Å². The highest BCUT2D eigenvalue weighted by Gasteiger charge is 2.16. The van der Waals surface area contributed by atoms with Crippen LogP contribution in [0.15, 0.2) is 40.0 Å². The molecule has 1 aromatic heterocycles. The number of nitrogens with one attached hydrogen (secondary N) is 2. The number of H-pyrrole nitrogens is 1. The summed E-state index contributed by atoms with van der Waals surface area (Å²) in [4.78, 5) is 22.8. The van der Waals surface area contributed by atoms with Gasteiger partial charge >= 0.3 is 0 Å². The number of anilines is 1. The second kappa shape index (κ2) is 5.98. The van der Waals surface area contributed by atoms with Crippen LogP contribution in [0.4, 0.5) is 5.69 Å². The van der Waals surface area contributed by atoms with Gasteiger partial charge in [-0.1, -0.05) is 6.92 Å². The van der Waals surface area contributed by atoms with Crippen LogP contribution in [0.1, 0.15) is 17.4 Å². The fraction of sp³-hybridized carbons (Fsp3) is 0.154. The van der Waals surface area contributed by atoms with Crippen LogP contribution >= 0.6 is 0 Å². The van der Waals surface area contributed by atoms with Gasteiger partial charge in [0.25, 0.3) is 11.5 Å². The van der Waals surface area contributed by atoms with Crippen molar-refractivity contribution < 1.29 is 18.3 Å². The Morgan fingerprint density at radius 2 is 2.05 bits per heavy atom. The van der Waals surface area contributed by atoms with Crippen LogP contribution in [0.25, 0.3) is 0 Å². The van der Waals surface area contributed by atoms with Gasteiger partial charge in [0.2, 0.25) is 0 Å². The zero-order valence-corrected chi connectivity index (χ0v) is 12.3. The molecule has 1 aromatic carbocycles. The highest BCUT2D eigenvalue weighted by Crippen LogP contribution is 2.27. The van der Waals surface area contributed by atoms with Crippen LogP contribution in [0, 0.1) is 0 Å². The standard InChI is InChI=1S/C13H13N3O5S/c1-2-22(20,21)8-3-5-11(17)10(7-8)14-13(19)9-4-6-12(18)16-15-9/h3-7,17H,2H2,1H3,(H,14,19)(H,16,18). The summed E-state index contributed by atoms with van der Waals surface area (Å²) in [6.07, 6.45) is 0. The summed E-state index contributed by atoms with van der Waals surface area (Å²) >= 11 is 0. The Balaban J connectivity index is 2.33. The fourth-order valence-corrected chi connectivity index (χ4v) is 2.54. The number of benzene rings is 1. The molecule has 0 atom stereocenters. The summed E-state index contributed by atoms with van der Waals surface area (Å²) in [6, 6.07) is 5.93. The molecule has 116 valence electrons. The van der Waals surface area contributed by atoms with E-state index in [4.69, 9.17) is 0 Å². The molecule has 0 spiro atoms. The predicted molar refractivity (Wildman–Crippen MR) is 78.6 cm³/mol. The van der Waals surface area contributed by atoms with Crippen molar-refractivity contribution >= 4 is 21.4 Å². The van der Waals surface area contributed by atoms with Crippen LogP contribution in [0.5, 0.6) is 5.75 Å². The number of aromatic hydroxyl groups is 1. The first kappa shape index (κ1) is 15.7. The minimum atomic E-state index is -3.47. The molecule has 0 aliphatic rings. The number of sulfone groups is 1. The molecule has 2 rings (SSSR count). The maximum Gasteiger partial charge on any atom is 0.276 e. The number of aromatic nitrogens is 2. The summed E-state index contributed by atoms with van der Waals surface area (Å²) in [5.41, 5.74) is -0.606. The Morgan fingerprint density at radius 3 is 2.64 bits per heavy atom. The zero-order chi connectivity index (χ0) is 16.3. The Bertz CT molecular complexity index is 853. The van der Waals surface area contributed by atoms with Crippen molar-refractivity contribution in [3.8, 4) is 5.75 Å². The first-order valence-electron chi connectivity index (χ1n) is 6.26. The molecule has 0 bridgehead atoms. The van der Waals surface area contributed by atoms with Crippen LogP contribution in [-0.4, -0.2) is 35.4 Å². The van der Waals surface area contributed by atoms with Crippen molar-refractivity contribution in [2.45, 2.75) is 11.8 Å². The molecular formula is C13H13N3O5S. The fourth-order valence-electron chi connectivity index (χ4n) is 1.63. The Hall–Kier alpha value is -2.68. The van der Waals surface area contributed by atoms with E-state index in [0.717, 1.165) is 12.1 Å². The molecule has 1 amide bonds. The molecule has 0 unspecified atom stereocenters. The first-order chi connectivity index (χ1) is 10.3. The third-order valence-electron chi connectivity index (χ3n) is 2.87. The summed E-state index contributed by atoms with van der Waals surface area (Å²) in [6.45, 7) is 1.49. The van der Waals surface area contributed by atoms with Crippen LogP contribution in [0.2, 0.25) is 0 Å². The van der Waals surface area contributed by atoms with Gasteiger partial charge in [-0.2, -0.15) is 5.10 Å². The maximum atomic E-state index is 12.0. The predicted octanol–water partition coefficient (Wildman–Crippen LogP) is 0.521. The number of nitrogens with zero attached hydrogens (tertiary/aromatic N) is 1. The summed E-state index contributed by atoms with van der Waals surface area (Å²) in [7, 11) is -3.47. The second-order valence-corrected chi connectivity index (χ2v) is 6.62. The molecule has 0 saturated heterocycles. The van der Waals surface area contributed by atoms with Gasteiger partial charge in [-0.3, -0.25) is 9.59 Å². The molecule has 8 nitrogen and oxygen atoms in total. The highest BCUT2D eigenvalue weighted by atomic mass is 32.2. The lowest BCUT2D eigenvalue weighted by atomic mass is 10.2. The van der Waals surface area contributed by atoms with Gasteiger partial charge in [0.05, 0.1) is 16.3 Å². The van der Waals surface area contributed by atoms with Gasteiger partial charge in [-0.25, -0.2) is 13.5 Å². The van der Waals surface area contributed by atoms with Crippen LogP contribution in [-0.2, 0) is 9.84 Å². The monoisotopic (exact) mass is 323 g/mol. The van der Waals surface area contributed by atoms with E-state index in [-0.39, 0.29) is 27.8 Å². The van der Waals surface area contributed by atoms with Crippen molar-refractivity contribution in [2.75, 3.05) is 11.1 Å². The van der Waals surface area contributed by atoms with E-state index >= 15 is 0 Å². The minimum absolute atomic E-state index is 0.0162. The van der Waals surface area contributed by atoms with E-state index in [2.05, 4.69) is 15.5 Å². The average Bonchev–Trinajstić information content (AvgIpc) is 2.50. The van der Waals surface area contributed by atoms with E-state index in [1.165, 1.54) is 25.1 Å². The number of carbonyl (C=O) groups excluding carboxylic acids is 1. The number of hydrogen-bond donors (Lipinski definition) is 3. The van der Waals surface area contributed by atoms with E-state index in [1.807, 2.05) is 0 Å². The summed E-state index contributed by atoms with van der Waals surface area (Å²) in [5, 5.41) is 17.7. The smallest absolute Gasteiger partial charge is 0.276 e. The molecule has 0 fully saturated rings. The minimum Gasteiger partial charge on any atom is -0.506 e. The quantitative estimate of drug-likeness (QED) is 0.703. The molecule has 0 aliphatic carbocycles. The Kier molecular flexibility index (Phi) is 4.27. The van der Waals surface area contributed by atoms with Crippen molar-refractivity contribution in [3.05, 3.63) is 46.4 Å².